The minimum absolute atomic E-state index is 0.0938. The number of phenolic OH excluding ortho intramolecular Hbond substituents is 1. The van der Waals surface area contributed by atoms with Crippen molar-refractivity contribution in [3.63, 3.8) is 0 Å². The van der Waals surface area contributed by atoms with Crippen molar-refractivity contribution in [1.29, 1.82) is 0 Å². The second kappa shape index (κ2) is 4.86. The van der Waals surface area contributed by atoms with Gasteiger partial charge in [-0.05, 0) is 30.7 Å². The maximum Gasteiger partial charge on any atom is 0.152 e. The van der Waals surface area contributed by atoms with E-state index in [4.69, 9.17) is 23.2 Å². The smallest absolute Gasteiger partial charge is 0.152 e. The lowest BCUT2D eigenvalue weighted by Crippen LogP contribution is -1.92. The number of para-hydroxylation sites is 1. The van der Waals surface area contributed by atoms with Crippen LogP contribution in [0.2, 0.25) is 10.0 Å². The molecule has 0 fully saturated rings. The molecule has 0 heterocycles. The molecule has 88 valence electrons. The van der Waals surface area contributed by atoms with Gasteiger partial charge in [-0.15, -0.1) is 0 Å². The molecule has 4 heteroatoms. The Hall–Kier alpha value is -1.38. The first-order valence-electron chi connectivity index (χ1n) is 5.08. The fourth-order valence-electron chi connectivity index (χ4n) is 1.51. The molecule has 0 unspecified atom stereocenters. The Morgan fingerprint density at radius 2 is 1.65 bits per heavy atom. The average molecular weight is 268 g/mol. The van der Waals surface area contributed by atoms with Gasteiger partial charge in [-0.25, -0.2) is 0 Å². The summed E-state index contributed by atoms with van der Waals surface area (Å²) >= 11 is 11.7. The molecule has 0 saturated heterocycles. The molecule has 0 saturated carbocycles. The number of anilines is 2. The molecule has 0 radical (unpaired) electrons. The van der Waals surface area contributed by atoms with Gasteiger partial charge >= 0.3 is 0 Å². The largest absolute Gasteiger partial charge is 0.505 e. The Kier molecular flexibility index (Phi) is 3.46. The van der Waals surface area contributed by atoms with Gasteiger partial charge in [0.25, 0.3) is 0 Å². The van der Waals surface area contributed by atoms with Crippen LogP contribution >= 0.6 is 23.2 Å². The lowest BCUT2D eigenvalue weighted by atomic mass is 10.2. The normalized spacial score (nSPS) is 10.3. The molecule has 0 atom stereocenters. The summed E-state index contributed by atoms with van der Waals surface area (Å²) in [6.07, 6.45) is 0. The first kappa shape index (κ1) is 12.1. The molecule has 0 aromatic heterocycles. The Balaban J connectivity index is 2.34. The molecule has 0 bridgehead atoms. The van der Waals surface area contributed by atoms with Gasteiger partial charge in [-0.3, -0.25) is 0 Å². The summed E-state index contributed by atoms with van der Waals surface area (Å²) in [6, 6.07) is 11.1. The predicted octanol–water partition coefficient (Wildman–Crippen LogP) is 4.75. The van der Waals surface area contributed by atoms with Crippen LogP contribution in [0.4, 0.5) is 11.4 Å². The van der Waals surface area contributed by atoms with Gasteiger partial charge in [0.1, 0.15) is 0 Å². The van der Waals surface area contributed by atoms with Crippen molar-refractivity contribution < 1.29 is 5.11 Å². The summed E-state index contributed by atoms with van der Waals surface area (Å²) in [6.45, 7) is 2.01. The fraction of sp³-hybridized carbons (Fsp3) is 0.0769. The van der Waals surface area contributed by atoms with Gasteiger partial charge in [0.05, 0.1) is 10.0 Å². The van der Waals surface area contributed by atoms with Gasteiger partial charge in [-0.2, -0.15) is 0 Å². The third-order valence-electron chi connectivity index (χ3n) is 2.44. The zero-order chi connectivity index (χ0) is 12.4. The Morgan fingerprint density at radius 1 is 1.06 bits per heavy atom. The van der Waals surface area contributed by atoms with Crippen LogP contribution in [-0.2, 0) is 0 Å². The molecule has 0 aliphatic heterocycles. The van der Waals surface area contributed by atoms with Crippen LogP contribution < -0.4 is 5.32 Å². The number of hydrogen-bond acceptors (Lipinski definition) is 2. The van der Waals surface area contributed by atoms with Crippen LogP contribution in [0.1, 0.15) is 5.56 Å². The standard InChI is InChI=1S/C13H11Cl2NO/c1-8-4-2-3-5-12(8)16-9-6-10(14)13(17)11(15)7-9/h2-7,16-17H,1H3. The number of aryl methyl sites for hydroxylation is 1. The Morgan fingerprint density at radius 3 is 2.24 bits per heavy atom. The van der Waals surface area contributed by atoms with Crippen LogP contribution in [0.15, 0.2) is 36.4 Å². The topological polar surface area (TPSA) is 32.3 Å². The van der Waals surface area contributed by atoms with Crippen LogP contribution in [0.5, 0.6) is 5.75 Å². The number of benzene rings is 2. The first-order valence-corrected chi connectivity index (χ1v) is 5.84. The van der Waals surface area contributed by atoms with Gasteiger partial charge in [0.2, 0.25) is 0 Å². The van der Waals surface area contributed by atoms with Crippen molar-refractivity contribution in [2.24, 2.45) is 0 Å². The van der Waals surface area contributed by atoms with Crippen molar-refractivity contribution >= 4 is 34.6 Å². The Bertz CT molecular complexity index is 532. The highest BCUT2D eigenvalue weighted by atomic mass is 35.5. The predicted molar refractivity (Wildman–Crippen MR) is 72.6 cm³/mol. The summed E-state index contributed by atoms with van der Waals surface area (Å²) in [5.74, 6) is -0.0938. The number of hydrogen-bond donors (Lipinski definition) is 2. The van der Waals surface area contributed by atoms with Crippen LogP contribution in [0.3, 0.4) is 0 Å². The van der Waals surface area contributed by atoms with E-state index in [1.165, 1.54) is 0 Å². The van der Waals surface area contributed by atoms with E-state index in [0.29, 0.717) is 0 Å². The molecule has 2 aromatic carbocycles. The maximum absolute atomic E-state index is 9.46. The zero-order valence-electron chi connectivity index (χ0n) is 9.17. The minimum Gasteiger partial charge on any atom is -0.505 e. The van der Waals surface area contributed by atoms with Crippen molar-refractivity contribution in [2.75, 3.05) is 5.32 Å². The van der Waals surface area contributed by atoms with E-state index in [1.54, 1.807) is 12.1 Å². The van der Waals surface area contributed by atoms with Crippen molar-refractivity contribution in [3.8, 4) is 5.75 Å². The maximum atomic E-state index is 9.46. The number of aromatic hydroxyl groups is 1. The second-order valence-electron chi connectivity index (χ2n) is 3.73. The summed E-state index contributed by atoms with van der Waals surface area (Å²) in [5.41, 5.74) is 2.84. The van der Waals surface area contributed by atoms with Crippen LogP contribution in [0, 0.1) is 6.92 Å². The average Bonchev–Trinajstić information content (AvgIpc) is 2.29. The van der Waals surface area contributed by atoms with Gasteiger partial charge in [-0.1, -0.05) is 41.4 Å². The molecule has 17 heavy (non-hydrogen) atoms. The van der Waals surface area contributed by atoms with Gasteiger partial charge < -0.3 is 10.4 Å². The number of halogens is 2. The molecule has 2 N–H and O–H groups in total. The zero-order valence-corrected chi connectivity index (χ0v) is 10.7. The van der Waals surface area contributed by atoms with E-state index in [9.17, 15) is 5.11 Å². The Labute approximate surface area is 110 Å². The molecule has 0 amide bonds. The molecule has 2 rings (SSSR count). The number of rotatable bonds is 2. The quantitative estimate of drug-likeness (QED) is 0.770. The second-order valence-corrected chi connectivity index (χ2v) is 4.54. The summed E-state index contributed by atoms with van der Waals surface area (Å²) in [5, 5.41) is 13.1. The highest BCUT2D eigenvalue weighted by Gasteiger charge is 2.07. The molecule has 0 aliphatic rings. The summed E-state index contributed by atoms with van der Waals surface area (Å²) in [4.78, 5) is 0. The van der Waals surface area contributed by atoms with Crippen molar-refractivity contribution in [3.05, 3.63) is 52.0 Å². The van der Waals surface area contributed by atoms with Crippen molar-refractivity contribution in [2.45, 2.75) is 6.92 Å². The van der Waals surface area contributed by atoms with Gasteiger partial charge in [0.15, 0.2) is 5.75 Å². The third-order valence-corrected chi connectivity index (χ3v) is 3.02. The molecular weight excluding hydrogens is 257 g/mol. The lowest BCUT2D eigenvalue weighted by Gasteiger charge is -2.10. The van der Waals surface area contributed by atoms with Crippen LogP contribution in [-0.4, -0.2) is 5.11 Å². The van der Waals surface area contributed by atoms with E-state index < -0.39 is 0 Å². The van der Waals surface area contributed by atoms with Gasteiger partial charge in [0, 0.05) is 11.4 Å². The van der Waals surface area contributed by atoms with Crippen molar-refractivity contribution in [1.82, 2.24) is 0 Å². The first-order chi connectivity index (χ1) is 8.08. The van der Waals surface area contributed by atoms with E-state index in [2.05, 4.69) is 5.32 Å². The highest BCUT2D eigenvalue weighted by molar-refractivity contribution is 6.37. The molecular formula is C13H11Cl2NO. The molecule has 0 spiro atoms. The molecule has 0 aliphatic carbocycles. The van der Waals surface area contributed by atoms with E-state index in [-0.39, 0.29) is 15.8 Å². The monoisotopic (exact) mass is 267 g/mol. The third kappa shape index (κ3) is 2.65. The summed E-state index contributed by atoms with van der Waals surface area (Å²) < 4.78 is 0. The van der Waals surface area contributed by atoms with E-state index in [1.807, 2.05) is 31.2 Å². The highest BCUT2D eigenvalue weighted by Crippen LogP contribution is 2.35. The fourth-order valence-corrected chi connectivity index (χ4v) is 1.99. The molecule has 2 nitrogen and oxygen atoms in total. The van der Waals surface area contributed by atoms with E-state index in [0.717, 1.165) is 16.9 Å². The SMILES string of the molecule is Cc1ccccc1Nc1cc(Cl)c(O)c(Cl)c1. The van der Waals surface area contributed by atoms with Crippen LogP contribution in [0.25, 0.3) is 0 Å². The molecule has 2 aromatic rings. The summed E-state index contributed by atoms with van der Waals surface area (Å²) in [7, 11) is 0. The van der Waals surface area contributed by atoms with E-state index >= 15 is 0 Å². The lowest BCUT2D eigenvalue weighted by molar-refractivity contribution is 0.476. The number of phenols is 1. The minimum atomic E-state index is -0.0938. The number of nitrogens with one attached hydrogen (secondary N) is 1.